The van der Waals surface area contributed by atoms with E-state index in [1.54, 1.807) is 14.2 Å². The first kappa shape index (κ1) is 11.9. The summed E-state index contributed by atoms with van der Waals surface area (Å²) in [6.45, 7) is 3.98. The van der Waals surface area contributed by atoms with Crippen LogP contribution < -0.4 is 0 Å². The molecule has 5 atom stereocenters. The summed E-state index contributed by atoms with van der Waals surface area (Å²) >= 11 is 0. The topological polar surface area (TPSA) is 47.9 Å². The van der Waals surface area contributed by atoms with E-state index in [0.717, 1.165) is 0 Å². The van der Waals surface area contributed by atoms with E-state index in [1.807, 2.05) is 13.8 Å². The van der Waals surface area contributed by atoms with Crippen LogP contribution in [0.3, 0.4) is 0 Å². The van der Waals surface area contributed by atoms with E-state index in [4.69, 9.17) is 14.2 Å². The third kappa shape index (κ3) is 2.08. The monoisotopic (exact) mass is 204 g/mol. The summed E-state index contributed by atoms with van der Waals surface area (Å²) in [7, 11) is 3.28. The fourth-order valence-corrected chi connectivity index (χ4v) is 2.18. The summed E-state index contributed by atoms with van der Waals surface area (Å²) in [6, 6.07) is 0. The maximum atomic E-state index is 9.25. The first-order chi connectivity index (χ1) is 6.65. The molecule has 4 nitrogen and oxygen atoms in total. The van der Waals surface area contributed by atoms with E-state index in [2.05, 4.69) is 0 Å². The second-order valence-corrected chi connectivity index (χ2v) is 3.79. The zero-order valence-corrected chi connectivity index (χ0v) is 9.27. The summed E-state index contributed by atoms with van der Waals surface area (Å²) in [6.07, 6.45) is -0.189. The summed E-state index contributed by atoms with van der Waals surface area (Å²) in [5, 5.41) is 9.25. The summed E-state index contributed by atoms with van der Waals surface area (Å²) in [5.74, 6) is -0.0128. The van der Waals surface area contributed by atoms with Gasteiger partial charge in [-0.15, -0.1) is 0 Å². The van der Waals surface area contributed by atoms with Crippen molar-refractivity contribution in [3.63, 3.8) is 0 Å². The zero-order valence-electron chi connectivity index (χ0n) is 9.27. The normalized spacial score (nSPS) is 43.9. The van der Waals surface area contributed by atoms with Crippen LogP contribution in [0.15, 0.2) is 0 Å². The van der Waals surface area contributed by atoms with E-state index in [-0.39, 0.29) is 36.9 Å². The van der Waals surface area contributed by atoms with Gasteiger partial charge in [-0.25, -0.2) is 0 Å². The highest BCUT2D eigenvalue weighted by Gasteiger charge is 2.42. The lowest BCUT2D eigenvalue weighted by atomic mass is 9.88. The Labute approximate surface area is 85.2 Å². The minimum absolute atomic E-state index is 0.00255. The number of hydrogen-bond acceptors (Lipinski definition) is 4. The van der Waals surface area contributed by atoms with Crippen LogP contribution >= 0.6 is 0 Å². The number of ether oxygens (including phenoxy) is 3. The Balaban J connectivity index is 2.76. The molecular weight excluding hydrogens is 184 g/mol. The highest BCUT2D eigenvalue weighted by molar-refractivity contribution is 4.90. The van der Waals surface area contributed by atoms with Gasteiger partial charge >= 0.3 is 0 Å². The zero-order chi connectivity index (χ0) is 10.7. The van der Waals surface area contributed by atoms with Crippen molar-refractivity contribution in [3.8, 4) is 0 Å². The van der Waals surface area contributed by atoms with E-state index in [1.165, 1.54) is 0 Å². The third-order valence-corrected chi connectivity index (χ3v) is 3.00. The molecule has 1 rings (SSSR count). The van der Waals surface area contributed by atoms with Crippen molar-refractivity contribution in [1.82, 2.24) is 0 Å². The minimum Gasteiger partial charge on any atom is -0.396 e. The summed E-state index contributed by atoms with van der Waals surface area (Å²) in [5.41, 5.74) is 0. The highest BCUT2D eigenvalue weighted by atomic mass is 16.6. The number of hydrogen-bond donors (Lipinski definition) is 1. The summed E-state index contributed by atoms with van der Waals surface area (Å²) in [4.78, 5) is 0. The van der Waals surface area contributed by atoms with Gasteiger partial charge < -0.3 is 19.3 Å². The molecule has 1 aliphatic rings. The molecule has 4 heteroatoms. The lowest BCUT2D eigenvalue weighted by Gasteiger charge is -2.43. The molecule has 0 aliphatic carbocycles. The predicted molar refractivity (Wildman–Crippen MR) is 52.2 cm³/mol. The number of methoxy groups -OCH3 is 2. The van der Waals surface area contributed by atoms with Crippen molar-refractivity contribution in [2.45, 2.75) is 38.3 Å². The van der Waals surface area contributed by atoms with Crippen LogP contribution in [0.5, 0.6) is 0 Å². The van der Waals surface area contributed by atoms with Crippen molar-refractivity contribution < 1.29 is 19.3 Å². The molecule has 0 aromatic carbocycles. The molecule has 1 N–H and O–H groups in total. The molecular formula is C10H20O4. The fourth-order valence-electron chi connectivity index (χ4n) is 2.18. The number of rotatable bonds is 3. The van der Waals surface area contributed by atoms with Crippen LogP contribution in [-0.2, 0) is 14.2 Å². The van der Waals surface area contributed by atoms with Gasteiger partial charge in [0.1, 0.15) is 6.10 Å². The van der Waals surface area contributed by atoms with Crippen LogP contribution in [0.25, 0.3) is 0 Å². The van der Waals surface area contributed by atoms with Crippen LogP contribution in [0.2, 0.25) is 0 Å². The first-order valence-electron chi connectivity index (χ1n) is 4.97. The second-order valence-electron chi connectivity index (χ2n) is 3.79. The molecule has 1 aliphatic heterocycles. The molecule has 0 spiro atoms. The quantitative estimate of drug-likeness (QED) is 0.724. The van der Waals surface area contributed by atoms with Gasteiger partial charge in [-0.05, 0) is 13.8 Å². The minimum atomic E-state index is -0.103. The van der Waals surface area contributed by atoms with Gasteiger partial charge in [0.2, 0.25) is 0 Å². The molecule has 1 fully saturated rings. The van der Waals surface area contributed by atoms with Gasteiger partial charge in [0.05, 0.1) is 24.9 Å². The molecule has 14 heavy (non-hydrogen) atoms. The fraction of sp³-hybridized carbons (Fsp3) is 1.00. The maximum Gasteiger partial charge on any atom is 0.109 e. The van der Waals surface area contributed by atoms with Crippen molar-refractivity contribution in [2.24, 2.45) is 5.92 Å². The molecule has 0 bridgehead atoms. The van der Waals surface area contributed by atoms with Crippen LogP contribution in [0, 0.1) is 5.92 Å². The molecule has 84 valence electrons. The largest absolute Gasteiger partial charge is 0.396 e. The van der Waals surface area contributed by atoms with Gasteiger partial charge in [0.15, 0.2) is 0 Å². The average molecular weight is 204 g/mol. The smallest absolute Gasteiger partial charge is 0.109 e. The highest BCUT2D eigenvalue weighted by Crippen LogP contribution is 2.28. The van der Waals surface area contributed by atoms with Gasteiger partial charge in [-0.1, -0.05) is 0 Å². The predicted octanol–water partition coefficient (Wildman–Crippen LogP) is 0.432. The third-order valence-electron chi connectivity index (χ3n) is 3.00. The van der Waals surface area contributed by atoms with Crippen LogP contribution in [-0.4, -0.2) is 50.3 Å². The molecule has 0 radical (unpaired) electrons. The van der Waals surface area contributed by atoms with Crippen molar-refractivity contribution in [3.05, 3.63) is 0 Å². The molecule has 0 saturated carbocycles. The van der Waals surface area contributed by atoms with E-state index in [9.17, 15) is 5.11 Å². The number of aliphatic hydroxyl groups excluding tert-OH is 1. The van der Waals surface area contributed by atoms with Gasteiger partial charge in [-0.2, -0.15) is 0 Å². The lowest BCUT2D eigenvalue weighted by molar-refractivity contribution is -0.212. The Morgan fingerprint density at radius 3 is 2.07 bits per heavy atom. The second kappa shape index (κ2) is 5.07. The molecule has 1 saturated heterocycles. The van der Waals surface area contributed by atoms with E-state index >= 15 is 0 Å². The Morgan fingerprint density at radius 2 is 1.64 bits per heavy atom. The standard InChI is InChI=1S/C10H20O4/c1-6-8(5-11)10(13-4)9(12-3)7(2)14-6/h6-11H,5H2,1-4H3/t6-,7+,8+,9+,10+/m1/s1. The Kier molecular flexibility index (Phi) is 4.31. The Hall–Kier alpha value is -0.160. The van der Waals surface area contributed by atoms with Crippen LogP contribution in [0.1, 0.15) is 13.8 Å². The summed E-state index contributed by atoms with van der Waals surface area (Å²) < 4.78 is 16.4. The van der Waals surface area contributed by atoms with Crippen molar-refractivity contribution in [1.29, 1.82) is 0 Å². The van der Waals surface area contributed by atoms with Crippen molar-refractivity contribution >= 4 is 0 Å². The molecule has 0 amide bonds. The molecule has 1 heterocycles. The number of aliphatic hydroxyl groups is 1. The lowest BCUT2D eigenvalue weighted by Crippen LogP contribution is -2.55. The van der Waals surface area contributed by atoms with Gasteiger partial charge in [0, 0.05) is 20.1 Å². The Morgan fingerprint density at radius 1 is 1.07 bits per heavy atom. The van der Waals surface area contributed by atoms with Crippen molar-refractivity contribution in [2.75, 3.05) is 20.8 Å². The van der Waals surface area contributed by atoms with E-state index in [0.29, 0.717) is 0 Å². The molecule has 0 aromatic rings. The first-order valence-corrected chi connectivity index (χ1v) is 4.97. The molecule has 0 unspecified atom stereocenters. The average Bonchev–Trinajstić information content (AvgIpc) is 2.16. The maximum absolute atomic E-state index is 9.25. The van der Waals surface area contributed by atoms with Crippen LogP contribution in [0.4, 0.5) is 0 Å². The SMILES string of the molecule is CO[C@@H]1[C@@H](OC)[C@@H](CO)[C@@H](C)O[C@H]1C. The van der Waals surface area contributed by atoms with E-state index < -0.39 is 0 Å². The Bertz CT molecular complexity index is 158. The molecule has 0 aromatic heterocycles. The van der Waals surface area contributed by atoms with Gasteiger partial charge in [-0.3, -0.25) is 0 Å². The van der Waals surface area contributed by atoms with Gasteiger partial charge in [0.25, 0.3) is 0 Å².